The van der Waals surface area contributed by atoms with Crippen molar-refractivity contribution in [2.45, 2.75) is 0 Å². The summed E-state index contributed by atoms with van der Waals surface area (Å²) in [4.78, 5) is 16.0. The van der Waals surface area contributed by atoms with Crippen LogP contribution in [0, 0.1) is 0 Å². The van der Waals surface area contributed by atoms with Crippen molar-refractivity contribution in [1.82, 2.24) is 19.5 Å². The number of aromatic nitrogens is 4. The van der Waals surface area contributed by atoms with Gasteiger partial charge in [-0.2, -0.15) is 0 Å². The van der Waals surface area contributed by atoms with Crippen LogP contribution in [0.1, 0.15) is 0 Å². The number of nitrogens with zero attached hydrogens (tertiary/aromatic N) is 4. The molecule has 0 aliphatic carbocycles. The van der Waals surface area contributed by atoms with E-state index in [0.717, 1.165) is 55.3 Å². The summed E-state index contributed by atoms with van der Waals surface area (Å²) >= 11 is 1.84. The molecule has 14 rings (SSSR count). The Morgan fingerprint density at radius 1 is 0.303 bits per heavy atom. The van der Waals surface area contributed by atoms with Crippen LogP contribution in [0.25, 0.3) is 136 Å². The molecule has 3 heterocycles. The summed E-state index contributed by atoms with van der Waals surface area (Å²) in [6.07, 6.45) is 0. The summed E-state index contributed by atoms with van der Waals surface area (Å²) in [7, 11) is 0. The molecular weight excluding hydrogens is 821 g/mol. The summed E-state index contributed by atoms with van der Waals surface area (Å²) in [5.74, 6) is 1.88. The summed E-state index contributed by atoms with van der Waals surface area (Å²) in [6.45, 7) is 0. The van der Waals surface area contributed by atoms with E-state index in [2.05, 4.69) is 223 Å². The highest BCUT2D eigenvalue weighted by molar-refractivity contribution is 7.25. The van der Waals surface area contributed by atoms with E-state index in [-0.39, 0.29) is 0 Å². The van der Waals surface area contributed by atoms with Gasteiger partial charge in [-0.05, 0) is 121 Å². The molecule has 0 radical (unpaired) electrons. The van der Waals surface area contributed by atoms with Crippen molar-refractivity contribution in [3.63, 3.8) is 0 Å². The maximum atomic E-state index is 5.39. The predicted molar refractivity (Wildman–Crippen MR) is 279 cm³/mol. The molecule has 0 bridgehead atoms. The minimum absolute atomic E-state index is 0.618. The standard InChI is InChI=1S/C61H36N4S/c1-3-14-40-31-45(23-21-37(40)11-1)59-62-60(46-24-22-38-12-2-4-15-41(38)32-46)64-61(63-59)50-28-27-47(36-51(50)44-26-30-57-52(34-44)49-19-9-10-20-56(49)66-57)65-54-29-25-39-13-7-8-18-48(39)58(54)53-33-42-16-5-6-17-43(42)35-55(53)65/h1-36H. The molecule has 0 amide bonds. The molecule has 0 atom stereocenters. The van der Waals surface area contributed by atoms with Gasteiger partial charge in [0.25, 0.3) is 0 Å². The van der Waals surface area contributed by atoms with Gasteiger partial charge in [-0.15, -0.1) is 11.3 Å². The van der Waals surface area contributed by atoms with Gasteiger partial charge in [-0.1, -0.05) is 152 Å². The smallest absolute Gasteiger partial charge is 0.164 e. The Kier molecular flexibility index (Phi) is 8.12. The molecule has 0 saturated heterocycles. The van der Waals surface area contributed by atoms with Gasteiger partial charge in [0.15, 0.2) is 17.5 Å². The Bertz CT molecular complexity index is 4210. The number of rotatable bonds is 5. The van der Waals surface area contributed by atoms with Crippen molar-refractivity contribution >= 4 is 96.4 Å². The van der Waals surface area contributed by atoms with Gasteiger partial charge in [-0.25, -0.2) is 15.0 Å². The van der Waals surface area contributed by atoms with Crippen LogP contribution in [-0.2, 0) is 0 Å². The van der Waals surface area contributed by atoms with Crippen LogP contribution >= 0.6 is 11.3 Å². The third-order valence-electron chi connectivity index (χ3n) is 13.4. The number of benzene rings is 11. The Labute approximate surface area is 383 Å². The van der Waals surface area contributed by atoms with Crippen molar-refractivity contribution in [3.8, 4) is 51.0 Å². The zero-order valence-electron chi connectivity index (χ0n) is 35.5. The van der Waals surface area contributed by atoms with E-state index in [4.69, 9.17) is 15.0 Å². The summed E-state index contributed by atoms with van der Waals surface area (Å²) in [5.41, 5.74) is 8.33. The molecule has 306 valence electrons. The lowest BCUT2D eigenvalue weighted by molar-refractivity contribution is 1.07. The molecule has 0 fully saturated rings. The summed E-state index contributed by atoms with van der Waals surface area (Å²) in [5, 5.41) is 14.5. The average Bonchev–Trinajstić information content (AvgIpc) is 3.92. The van der Waals surface area contributed by atoms with Crippen LogP contribution < -0.4 is 0 Å². The highest BCUT2D eigenvalue weighted by Gasteiger charge is 2.21. The zero-order chi connectivity index (χ0) is 43.3. The number of thiophene rings is 1. The van der Waals surface area contributed by atoms with Crippen LogP contribution in [0.2, 0.25) is 0 Å². The predicted octanol–water partition coefficient (Wildman–Crippen LogP) is 16.6. The minimum Gasteiger partial charge on any atom is -0.309 e. The average molecular weight is 857 g/mol. The number of hydrogen-bond donors (Lipinski definition) is 0. The highest BCUT2D eigenvalue weighted by Crippen LogP contribution is 2.43. The van der Waals surface area contributed by atoms with E-state index in [0.29, 0.717) is 17.5 Å². The Morgan fingerprint density at radius 3 is 1.56 bits per heavy atom. The maximum Gasteiger partial charge on any atom is 0.164 e. The molecule has 0 N–H and O–H groups in total. The molecule has 0 unspecified atom stereocenters. The van der Waals surface area contributed by atoms with E-state index in [1.165, 1.54) is 63.3 Å². The van der Waals surface area contributed by atoms with E-state index in [1.807, 2.05) is 11.3 Å². The fourth-order valence-electron chi connectivity index (χ4n) is 10.2. The maximum absolute atomic E-state index is 5.39. The van der Waals surface area contributed by atoms with E-state index < -0.39 is 0 Å². The normalized spacial score (nSPS) is 11.9. The number of fused-ring (bicyclic) bond motifs is 11. The molecular formula is C61H36N4S. The fraction of sp³-hybridized carbons (Fsp3) is 0. The Morgan fingerprint density at radius 2 is 0.848 bits per heavy atom. The molecule has 14 aromatic rings. The zero-order valence-corrected chi connectivity index (χ0v) is 36.3. The summed E-state index contributed by atoms with van der Waals surface area (Å²) in [6, 6.07) is 78.9. The second-order valence-electron chi connectivity index (χ2n) is 17.2. The van der Waals surface area contributed by atoms with Crippen molar-refractivity contribution in [3.05, 3.63) is 218 Å². The van der Waals surface area contributed by atoms with Gasteiger partial charge in [0.2, 0.25) is 0 Å². The van der Waals surface area contributed by atoms with Crippen LogP contribution in [0.15, 0.2) is 218 Å². The lowest BCUT2D eigenvalue weighted by Gasteiger charge is -2.16. The first-order chi connectivity index (χ1) is 32.7. The molecule has 11 aromatic carbocycles. The van der Waals surface area contributed by atoms with Crippen LogP contribution in [-0.4, -0.2) is 19.5 Å². The second kappa shape index (κ2) is 14.5. The van der Waals surface area contributed by atoms with Crippen molar-refractivity contribution in [2.75, 3.05) is 0 Å². The molecule has 0 aliphatic rings. The van der Waals surface area contributed by atoms with Crippen molar-refractivity contribution in [2.24, 2.45) is 0 Å². The molecule has 0 spiro atoms. The third-order valence-corrected chi connectivity index (χ3v) is 14.5. The Balaban J connectivity index is 1.06. The minimum atomic E-state index is 0.618. The number of hydrogen-bond acceptors (Lipinski definition) is 4. The van der Waals surface area contributed by atoms with Gasteiger partial charge in [0.1, 0.15) is 0 Å². The molecule has 4 nitrogen and oxygen atoms in total. The van der Waals surface area contributed by atoms with E-state index in [1.54, 1.807) is 0 Å². The SMILES string of the molecule is c1ccc2cc(-c3nc(-c4ccc5ccccc5c4)nc(-c4ccc(-n5c6cc7ccccc7cc6c6c7ccccc7ccc65)cc4-c4ccc5sc6ccccc6c5c4)n3)ccc2c1. The monoisotopic (exact) mass is 856 g/mol. The lowest BCUT2D eigenvalue weighted by atomic mass is 9.96. The van der Waals surface area contributed by atoms with Gasteiger partial charge < -0.3 is 4.57 Å². The van der Waals surface area contributed by atoms with Crippen molar-refractivity contribution in [1.29, 1.82) is 0 Å². The van der Waals surface area contributed by atoms with Gasteiger partial charge in [-0.3, -0.25) is 0 Å². The second-order valence-corrected chi connectivity index (χ2v) is 18.3. The van der Waals surface area contributed by atoms with E-state index in [9.17, 15) is 0 Å². The fourth-order valence-corrected chi connectivity index (χ4v) is 11.2. The highest BCUT2D eigenvalue weighted by atomic mass is 32.1. The van der Waals surface area contributed by atoms with Crippen LogP contribution in [0.4, 0.5) is 0 Å². The van der Waals surface area contributed by atoms with Crippen LogP contribution in [0.3, 0.4) is 0 Å². The van der Waals surface area contributed by atoms with E-state index >= 15 is 0 Å². The Hall–Kier alpha value is -8.51. The molecule has 0 saturated carbocycles. The first-order valence-corrected chi connectivity index (χ1v) is 23.1. The van der Waals surface area contributed by atoms with Crippen LogP contribution in [0.5, 0.6) is 0 Å². The van der Waals surface area contributed by atoms with Gasteiger partial charge >= 0.3 is 0 Å². The summed E-state index contributed by atoms with van der Waals surface area (Å²) < 4.78 is 4.99. The largest absolute Gasteiger partial charge is 0.309 e. The first kappa shape index (κ1) is 36.9. The quantitative estimate of drug-likeness (QED) is 0.173. The molecule has 5 heteroatoms. The third kappa shape index (κ3) is 5.87. The topological polar surface area (TPSA) is 43.6 Å². The van der Waals surface area contributed by atoms with Gasteiger partial charge in [0, 0.05) is 53.3 Å². The molecule has 66 heavy (non-hydrogen) atoms. The molecule has 3 aromatic heterocycles. The first-order valence-electron chi connectivity index (χ1n) is 22.3. The lowest BCUT2D eigenvalue weighted by Crippen LogP contribution is -2.02. The van der Waals surface area contributed by atoms with Crippen molar-refractivity contribution < 1.29 is 0 Å². The molecule has 0 aliphatic heterocycles. The van der Waals surface area contributed by atoms with Gasteiger partial charge in [0.05, 0.1) is 11.0 Å².